The lowest BCUT2D eigenvalue weighted by atomic mass is 10.2. The lowest BCUT2D eigenvalue weighted by Crippen LogP contribution is -2.15. The molecule has 1 heterocycles. The molecule has 1 aromatic carbocycles. The third-order valence-electron chi connectivity index (χ3n) is 2.34. The largest absolute Gasteiger partial charge is 0.398 e. The summed E-state index contributed by atoms with van der Waals surface area (Å²) >= 11 is 5.92. The molecule has 0 aliphatic rings. The molecule has 2 rings (SSSR count). The molecule has 0 aliphatic heterocycles. The summed E-state index contributed by atoms with van der Waals surface area (Å²) in [6.07, 6.45) is 2.94. The van der Waals surface area contributed by atoms with Crippen LogP contribution in [0.15, 0.2) is 29.4 Å². The number of benzene rings is 1. The van der Waals surface area contributed by atoms with E-state index in [-0.39, 0.29) is 15.9 Å². The average Bonchev–Trinajstić information content (AvgIpc) is 2.75. The number of nitrogen functional groups attached to an aromatic ring is 1. The van der Waals surface area contributed by atoms with Crippen LogP contribution in [0.3, 0.4) is 0 Å². The Bertz CT molecular complexity index is 667. The minimum atomic E-state index is -3.81. The van der Waals surface area contributed by atoms with E-state index in [1.54, 1.807) is 6.92 Å². The number of hydrogen-bond acceptors (Lipinski definition) is 4. The van der Waals surface area contributed by atoms with E-state index in [1.165, 1.54) is 24.5 Å². The smallest absolute Gasteiger partial charge is 0.265 e. The van der Waals surface area contributed by atoms with Crippen LogP contribution in [-0.4, -0.2) is 18.4 Å². The predicted molar refractivity (Wildman–Crippen MR) is 70.0 cm³/mol. The van der Waals surface area contributed by atoms with Crippen molar-refractivity contribution in [3.8, 4) is 0 Å². The minimum Gasteiger partial charge on any atom is -0.398 e. The maximum absolute atomic E-state index is 12.1. The van der Waals surface area contributed by atoms with Crippen molar-refractivity contribution in [3.05, 3.63) is 35.1 Å². The molecule has 0 unspecified atom stereocenters. The lowest BCUT2D eigenvalue weighted by Gasteiger charge is -2.09. The molecule has 0 fully saturated rings. The first-order valence-electron chi connectivity index (χ1n) is 4.98. The third-order valence-corrected chi connectivity index (χ3v) is 4.14. The van der Waals surface area contributed by atoms with Crippen LogP contribution >= 0.6 is 11.6 Å². The number of nitrogens with one attached hydrogen (secondary N) is 2. The Morgan fingerprint density at radius 1 is 1.44 bits per heavy atom. The molecule has 0 amide bonds. The van der Waals surface area contributed by atoms with Crippen LogP contribution in [0.1, 0.15) is 5.56 Å². The Kier molecular flexibility index (Phi) is 3.18. The van der Waals surface area contributed by atoms with Crippen molar-refractivity contribution < 1.29 is 8.42 Å². The van der Waals surface area contributed by atoms with Gasteiger partial charge in [0.25, 0.3) is 10.0 Å². The van der Waals surface area contributed by atoms with Gasteiger partial charge in [0.1, 0.15) is 4.90 Å². The molecule has 0 saturated heterocycles. The van der Waals surface area contributed by atoms with Gasteiger partial charge in [0.15, 0.2) is 0 Å². The van der Waals surface area contributed by atoms with Gasteiger partial charge in [-0.05, 0) is 24.6 Å². The summed E-state index contributed by atoms with van der Waals surface area (Å²) in [6, 6.07) is 2.83. The third kappa shape index (κ3) is 2.41. The number of sulfonamides is 1. The van der Waals surface area contributed by atoms with Gasteiger partial charge in [0.2, 0.25) is 5.95 Å². The molecule has 6 nitrogen and oxygen atoms in total. The molecular formula is C10H11ClN4O2S. The molecule has 96 valence electrons. The summed E-state index contributed by atoms with van der Waals surface area (Å²) in [5.41, 5.74) is 6.77. The maximum atomic E-state index is 12.1. The summed E-state index contributed by atoms with van der Waals surface area (Å²) in [5, 5.41) is 0.112. The molecule has 0 aliphatic carbocycles. The van der Waals surface area contributed by atoms with Crippen LogP contribution in [-0.2, 0) is 10.0 Å². The maximum Gasteiger partial charge on any atom is 0.265 e. The van der Waals surface area contributed by atoms with Crippen molar-refractivity contribution in [1.82, 2.24) is 9.97 Å². The van der Waals surface area contributed by atoms with Crippen molar-refractivity contribution in [3.63, 3.8) is 0 Å². The van der Waals surface area contributed by atoms with Gasteiger partial charge in [0.05, 0.1) is 5.02 Å². The number of halogens is 1. The highest BCUT2D eigenvalue weighted by Gasteiger charge is 2.20. The fourth-order valence-electron chi connectivity index (χ4n) is 1.38. The molecule has 4 N–H and O–H groups in total. The number of H-pyrrole nitrogens is 1. The fraction of sp³-hybridized carbons (Fsp3) is 0.100. The Morgan fingerprint density at radius 2 is 2.17 bits per heavy atom. The molecule has 0 atom stereocenters. The molecule has 0 spiro atoms. The molecule has 0 bridgehead atoms. The van der Waals surface area contributed by atoms with Gasteiger partial charge in [-0.15, -0.1) is 0 Å². The highest BCUT2D eigenvalue weighted by Crippen LogP contribution is 2.27. The second-order valence-electron chi connectivity index (χ2n) is 3.68. The van der Waals surface area contributed by atoms with Gasteiger partial charge >= 0.3 is 0 Å². The van der Waals surface area contributed by atoms with Crippen molar-refractivity contribution in [2.45, 2.75) is 11.8 Å². The van der Waals surface area contributed by atoms with Gasteiger partial charge in [-0.1, -0.05) is 11.6 Å². The summed E-state index contributed by atoms with van der Waals surface area (Å²) in [4.78, 5) is 6.33. The van der Waals surface area contributed by atoms with E-state index < -0.39 is 10.0 Å². The number of imidazole rings is 1. The van der Waals surface area contributed by atoms with E-state index in [1.807, 2.05) is 0 Å². The Hall–Kier alpha value is -1.73. The molecule has 18 heavy (non-hydrogen) atoms. The molecule has 2 aromatic rings. The Labute approximate surface area is 109 Å². The quantitative estimate of drug-likeness (QED) is 0.748. The second-order valence-corrected chi connectivity index (χ2v) is 5.74. The summed E-state index contributed by atoms with van der Waals surface area (Å²) in [6.45, 7) is 1.75. The topological polar surface area (TPSA) is 101 Å². The first-order valence-corrected chi connectivity index (χ1v) is 6.84. The number of nitrogens with zero attached hydrogens (tertiary/aromatic N) is 1. The van der Waals surface area contributed by atoms with Crippen LogP contribution in [0, 0.1) is 6.92 Å². The highest BCUT2D eigenvalue weighted by molar-refractivity contribution is 7.92. The molecule has 8 heteroatoms. The first-order chi connectivity index (χ1) is 8.40. The zero-order valence-electron chi connectivity index (χ0n) is 9.44. The van der Waals surface area contributed by atoms with Gasteiger partial charge in [-0.25, -0.2) is 18.1 Å². The van der Waals surface area contributed by atoms with E-state index >= 15 is 0 Å². The highest BCUT2D eigenvalue weighted by atomic mass is 35.5. The van der Waals surface area contributed by atoms with Gasteiger partial charge in [-0.2, -0.15) is 0 Å². The zero-order valence-corrected chi connectivity index (χ0v) is 11.0. The normalized spacial score (nSPS) is 11.4. The monoisotopic (exact) mass is 286 g/mol. The van der Waals surface area contributed by atoms with Gasteiger partial charge in [0, 0.05) is 18.1 Å². The van der Waals surface area contributed by atoms with E-state index in [0.29, 0.717) is 5.69 Å². The number of rotatable bonds is 3. The SMILES string of the molecule is Cc1cc(Cl)c(S(=O)(=O)Nc2ncc[nH]2)cc1N. The number of aryl methyl sites for hydroxylation is 1. The van der Waals surface area contributed by atoms with E-state index in [0.717, 1.165) is 5.56 Å². The van der Waals surface area contributed by atoms with Gasteiger partial charge < -0.3 is 10.7 Å². The molecular weight excluding hydrogens is 276 g/mol. The second kappa shape index (κ2) is 4.51. The fourth-order valence-corrected chi connectivity index (χ4v) is 2.97. The average molecular weight is 287 g/mol. The Morgan fingerprint density at radius 3 is 2.78 bits per heavy atom. The number of aromatic nitrogens is 2. The van der Waals surface area contributed by atoms with Crippen molar-refractivity contribution in [1.29, 1.82) is 0 Å². The van der Waals surface area contributed by atoms with E-state index in [9.17, 15) is 8.42 Å². The van der Waals surface area contributed by atoms with Crippen molar-refractivity contribution in [2.24, 2.45) is 0 Å². The number of nitrogens with two attached hydrogens (primary N) is 1. The number of hydrogen-bond donors (Lipinski definition) is 3. The van der Waals surface area contributed by atoms with Crippen LogP contribution in [0.4, 0.5) is 11.6 Å². The number of anilines is 2. The summed E-state index contributed by atoms with van der Waals surface area (Å²) in [7, 11) is -3.81. The molecule has 0 radical (unpaired) electrons. The summed E-state index contributed by atoms with van der Waals surface area (Å²) in [5.74, 6) is 0.116. The van der Waals surface area contributed by atoms with Crippen molar-refractivity contribution in [2.75, 3.05) is 10.5 Å². The molecule has 0 saturated carbocycles. The number of aromatic amines is 1. The first kappa shape index (κ1) is 12.7. The predicted octanol–water partition coefficient (Wildman–Crippen LogP) is 1.75. The Balaban J connectivity index is 2.44. The van der Waals surface area contributed by atoms with E-state index in [2.05, 4.69) is 14.7 Å². The summed E-state index contributed by atoms with van der Waals surface area (Å²) < 4.78 is 26.4. The zero-order chi connectivity index (χ0) is 13.3. The van der Waals surface area contributed by atoms with Gasteiger partial charge in [-0.3, -0.25) is 0 Å². The standard InChI is InChI=1S/C10H11ClN4O2S/c1-6-4-7(11)9(5-8(6)12)18(16,17)15-10-13-2-3-14-10/h2-5H,12H2,1H3,(H2,13,14,15). The van der Waals surface area contributed by atoms with Crippen molar-refractivity contribution >= 4 is 33.3 Å². The van der Waals surface area contributed by atoms with Crippen LogP contribution < -0.4 is 10.5 Å². The molecule has 1 aromatic heterocycles. The van der Waals surface area contributed by atoms with Crippen LogP contribution in [0.25, 0.3) is 0 Å². The van der Waals surface area contributed by atoms with Crippen LogP contribution in [0.2, 0.25) is 5.02 Å². The van der Waals surface area contributed by atoms with E-state index in [4.69, 9.17) is 17.3 Å². The minimum absolute atomic E-state index is 0.0799. The van der Waals surface area contributed by atoms with Crippen LogP contribution in [0.5, 0.6) is 0 Å². The lowest BCUT2D eigenvalue weighted by molar-refractivity contribution is 0.601.